The van der Waals surface area contributed by atoms with Gasteiger partial charge < -0.3 is 14.2 Å². The number of hydrogen-bond acceptors (Lipinski definition) is 6. The van der Waals surface area contributed by atoms with Gasteiger partial charge in [-0.05, 0) is 49.1 Å². The molecule has 0 unspecified atom stereocenters. The molecule has 2 aromatic heterocycles. The van der Waals surface area contributed by atoms with E-state index < -0.39 is 0 Å². The summed E-state index contributed by atoms with van der Waals surface area (Å²) in [4.78, 5) is 22.5. The second kappa shape index (κ2) is 8.97. The monoisotopic (exact) mass is 475 g/mol. The molecule has 0 bridgehead atoms. The Morgan fingerprint density at radius 1 is 1.26 bits per heavy atom. The van der Waals surface area contributed by atoms with E-state index in [9.17, 15) is 14.4 Å². The lowest BCUT2D eigenvalue weighted by Crippen LogP contribution is -2.62. The van der Waals surface area contributed by atoms with Crippen LogP contribution in [0.15, 0.2) is 35.1 Å². The van der Waals surface area contributed by atoms with E-state index in [1.807, 2.05) is 12.1 Å². The fraction of sp³-hybridized carbons (Fsp3) is 0.444. The van der Waals surface area contributed by atoms with E-state index in [0.717, 1.165) is 31.5 Å². The van der Waals surface area contributed by atoms with Gasteiger partial charge in [0.1, 0.15) is 35.4 Å². The van der Waals surface area contributed by atoms with Gasteiger partial charge >= 0.3 is 0 Å². The van der Waals surface area contributed by atoms with Crippen molar-refractivity contribution in [2.24, 2.45) is 7.05 Å². The van der Waals surface area contributed by atoms with Gasteiger partial charge in [-0.3, -0.25) is 9.69 Å². The van der Waals surface area contributed by atoms with E-state index >= 15 is 0 Å². The molecule has 0 N–H and O–H groups in total. The molecule has 0 aliphatic carbocycles. The van der Waals surface area contributed by atoms with Crippen LogP contribution < -0.4 is 15.2 Å². The van der Waals surface area contributed by atoms with Gasteiger partial charge in [-0.15, -0.1) is 0 Å². The van der Waals surface area contributed by atoms with Gasteiger partial charge in [0.15, 0.2) is 0 Å². The van der Waals surface area contributed by atoms with Crippen molar-refractivity contribution >= 4 is 16.7 Å². The third kappa shape index (κ3) is 3.75. The summed E-state index contributed by atoms with van der Waals surface area (Å²) in [7, 11) is 1.71. The zero-order valence-corrected chi connectivity index (χ0v) is 20.6. The van der Waals surface area contributed by atoms with Crippen molar-refractivity contribution in [3.63, 3.8) is 0 Å². The van der Waals surface area contributed by atoms with Gasteiger partial charge in [0.05, 0.1) is 11.6 Å². The normalized spacial score (nSPS) is 20.6. The van der Waals surface area contributed by atoms with Gasteiger partial charge in [-0.25, -0.2) is 9.37 Å². The summed E-state index contributed by atoms with van der Waals surface area (Å²) in [6.45, 7) is 8.02. The van der Waals surface area contributed by atoms with Crippen molar-refractivity contribution in [3.8, 4) is 11.8 Å². The summed E-state index contributed by atoms with van der Waals surface area (Å²) in [6, 6.07) is 11.4. The Labute approximate surface area is 204 Å². The molecule has 8 heteroatoms. The molecular weight excluding hydrogens is 445 g/mol. The van der Waals surface area contributed by atoms with Crippen molar-refractivity contribution < 1.29 is 9.13 Å². The molecule has 0 radical (unpaired) electrons. The molecule has 35 heavy (non-hydrogen) atoms. The molecule has 3 atom stereocenters. The lowest BCUT2D eigenvalue weighted by atomic mass is 9.94. The molecule has 4 heterocycles. The van der Waals surface area contributed by atoms with Crippen molar-refractivity contribution in [3.05, 3.63) is 63.3 Å². The molecule has 5 rings (SSSR count). The van der Waals surface area contributed by atoms with Gasteiger partial charge in [-0.2, -0.15) is 5.26 Å². The number of fused-ring (bicyclic) bond motifs is 5. The first kappa shape index (κ1) is 23.3. The minimum Gasteiger partial charge on any atom is -0.484 e. The van der Waals surface area contributed by atoms with Crippen LogP contribution in [0.4, 0.5) is 10.1 Å². The van der Waals surface area contributed by atoms with E-state index in [4.69, 9.17) is 4.74 Å². The number of hydrogen-bond donors (Lipinski definition) is 0. The number of nitriles is 1. The number of pyridine rings is 2. The van der Waals surface area contributed by atoms with E-state index in [2.05, 4.69) is 34.7 Å². The lowest BCUT2D eigenvalue weighted by Gasteiger charge is -2.51. The molecule has 1 aromatic carbocycles. The Bertz CT molecular complexity index is 1400. The average molecular weight is 476 g/mol. The number of piperazine rings is 1. The number of aryl methyl sites for hydroxylation is 2. The van der Waals surface area contributed by atoms with Gasteiger partial charge in [0, 0.05) is 32.2 Å². The van der Waals surface area contributed by atoms with Crippen molar-refractivity contribution in [2.75, 3.05) is 24.6 Å². The van der Waals surface area contributed by atoms with E-state index in [1.165, 1.54) is 0 Å². The quantitative estimate of drug-likeness (QED) is 0.567. The number of rotatable bonds is 4. The molecule has 182 valence electrons. The Balaban J connectivity index is 1.58. The van der Waals surface area contributed by atoms with Crippen LogP contribution >= 0.6 is 0 Å². The number of halogens is 1. The van der Waals surface area contributed by atoms with Crippen LogP contribution in [0.2, 0.25) is 0 Å². The van der Waals surface area contributed by atoms with E-state index in [-0.39, 0.29) is 29.5 Å². The highest BCUT2D eigenvalue weighted by atomic mass is 19.1. The summed E-state index contributed by atoms with van der Waals surface area (Å²) in [5.74, 6) is 0.124. The highest BCUT2D eigenvalue weighted by Gasteiger charge is 2.42. The molecule has 0 amide bonds. The smallest absolute Gasteiger partial charge is 0.295 e. The minimum atomic E-state index is -0.193. The standard InChI is InChI=1S/C27H30FN5O2/c1-5-19-13-33-20(14-32(19)22(6-2)17-7-9-21(28)16(3)11-17)15-35-26-25(33)24-23(31(4)27(26)34)10-8-18(12-29)30-24/h7-11,19-20,22H,5-6,13-15H2,1-4H3/t19-,20+,22-/m1/s1. The van der Waals surface area contributed by atoms with Crippen molar-refractivity contribution in [2.45, 2.75) is 51.7 Å². The first-order valence-corrected chi connectivity index (χ1v) is 12.2. The van der Waals surface area contributed by atoms with E-state index in [0.29, 0.717) is 40.3 Å². The number of benzene rings is 1. The maximum Gasteiger partial charge on any atom is 0.295 e. The van der Waals surface area contributed by atoms with Crippen LogP contribution in [0.1, 0.15) is 49.6 Å². The van der Waals surface area contributed by atoms with Gasteiger partial charge in [0.25, 0.3) is 5.56 Å². The maximum atomic E-state index is 14.0. The summed E-state index contributed by atoms with van der Waals surface area (Å²) in [5, 5.41) is 9.45. The second-order valence-electron chi connectivity index (χ2n) is 9.53. The average Bonchev–Trinajstić information content (AvgIpc) is 2.88. The van der Waals surface area contributed by atoms with Crippen molar-refractivity contribution in [1.82, 2.24) is 14.5 Å². The van der Waals surface area contributed by atoms with Gasteiger partial charge in [-0.1, -0.05) is 26.0 Å². The predicted molar refractivity (Wildman–Crippen MR) is 133 cm³/mol. The zero-order valence-electron chi connectivity index (χ0n) is 20.6. The molecule has 2 aliphatic rings. The molecule has 0 spiro atoms. The number of ether oxygens (including phenoxy) is 1. The second-order valence-corrected chi connectivity index (χ2v) is 9.53. The highest BCUT2D eigenvalue weighted by Crippen LogP contribution is 2.41. The van der Waals surface area contributed by atoms with Crippen LogP contribution in [0.25, 0.3) is 11.0 Å². The fourth-order valence-electron chi connectivity index (χ4n) is 5.68. The summed E-state index contributed by atoms with van der Waals surface area (Å²) in [5.41, 5.74) is 3.89. The van der Waals surface area contributed by atoms with Crippen LogP contribution in [-0.4, -0.2) is 46.2 Å². The molecule has 7 nitrogen and oxygen atoms in total. The van der Waals surface area contributed by atoms with Crippen LogP contribution in [0.3, 0.4) is 0 Å². The minimum absolute atomic E-state index is 0.0312. The summed E-state index contributed by atoms with van der Waals surface area (Å²) in [6.07, 6.45) is 1.83. The number of aromatic nitrogens is 2. The maximum absolute atomic E-state index is 14.0. The fourth-order valence-corrected chi connectivity index (χ4v) is 5.68. The third-order valence-electron chi connectivity index (χ3n) is 7.56. The Morgan fingerprint density at radius 2 is 2.06 bits per heavy atom. The molecular formula is C27H30FN5O2. The number of nitrogens with zero attached hydrogens (tertiary/aromatic N) is 5. The predicted octanol–water partition coefficient (Wildman–Crippen LogP) is 4.07. The molecule has 1 saturated heterocycles. The van der Waals surface area contributed by atoms with Crippen LogP contribution in [0, 0.1) is 24.1 Å². The third-order valence-corrected chi connectivity index (χ3v) is 7.56. The Hall–Kier alpha value is -3.44. The summed E-state index contributed by atoms with van der Waals surface area (Å²) < 4.78 is 21.6. The first-order valence-electron chi connectivity index (χ1n) is 12.2. The topological polar surface area (TPSA) is 74.4 Å². The highest BCUT2D eigenvalue weighted by molar-refractivity contribution is 5.93. The van der Waals surface area contributed by atoms with Gasteiger partial charge in [0.2, 0.25) is 5.75 Å². The molecule has 3 aromatic rings. The first-order chi connectivity index (χ1) is 16.9. The van der Waals surface area contributed by atoms with Crippen LogP contribution in [0.5, 0.6) is 5.75 Å². The lowest BCUT2D eigenvalue weighted by molar-refractivity contribution is 0.0719. The van der Waals surface area contributed by atoms with E-state index in [1.54, 1.807) is 36.7 Å². The Kier molecular flexibility index (Phi) is 5.97. The largest absolute Gasteiger partial charge is 0.484 e. The van der Waals surface area contributed by atoms with Crippen molar-refractivity contribution in [1.29, 1.82) is 5.26 Å². The number of anilines is 1. The molecule has 0 saturated carbocycles. The molecule has 1 fully saturated rings. The summed E-state index contributed by atoms with van der Waals surface area (Å²) >= 11 is 0. The zero-order chi connectivity index (χ0) is 24.9. The molecule has 2 aliphatic heterocycles. The Morgan fingerprint density at radius 3 is 2.74 bits per heavy atom. The SMILES string of the molecule is CC[C@@H]1CN2c3c(c(=O)n(C)c4ccc(C#N)nc34)OC[C@@H]2CN1[C@H](CC)c1ccc(F)c(C)c1. The van der Waals surface area contributed by atoms with Crippen LogP contribution in [-0.2, 0) is 7.05 Å².